The highest BCUT2D eigenvalue weighted by molar-refractivity contribution is 5.88. The van der Waals surface area contributed by atoms with Crippen LogP contribution in [0.3, 0.4) is 0 Å². The largest absolute Gasteiger partial charge is 0.459 e. The number of oxime groups is 1. The smallest absolute Gasteiger partial charge is 0.311 e. The van der Waals surface area contributed by atoms with Crippen molar-refractivity contribution in [2.45, 2.75) is 206 Å². The van der Waals surface area contributed by atoms with Crippen LogP contribution >= 0.6 is 0 Å². The van der Waals surface area contributed by atoms with Crippen molar-refractivity contribution in [2.24, 2.45) is 28.8 Å². The first-order valence-electron chi connectivity index (χ1n) is 26.5. The van der Waals surface area contributed by atoms with Crippen LogP contribution in [0.5, 0.6) is 0 Å². The minimum Gasteiger partial charge on any atom is -0.459 e. The van der Waals surface area contributed by atoms with E-state index in [0.29, 0.717) is 49.9 Å². The molecule has 74 heavy (non-hydrogen) atoms. The van der Waals surface area contributed by atoms with Gasteiger partial charge in [-0.3, -0.25) is 14.6 Å². The van der Waals surface area contributed by atoms with Gasteiger partial charge in [0.2, 0.25) is 5.91 Å². The molecule has 0 saturated carbocycles. The van der Waals surface area contributed by atoms with E-state index in [2.05, 4.69) is 15.5 Å². The van der Waals surface area contributed by atoms with E-state index in [9.17, 15) is 34.4 Å². The Morgan fingerprint density at radius 1 is 0.905 bits per heavy atom. The fourth-order valence-electron chi connectivity index (χ4n) is 11.1. The number of hydrogen-bond acceptors (Lipinski definition) is 16. The minimum atomic E-state index is -1.75. The molecule has 2 aromatic rings. The second-order valence-corrected chi connectivity index (χ2v) is 22.1. The number of nitrogens with one attached hydrogen (secondary N) is 1. The zero-order valence-electron chi connectivity index (χ0n) is 46.9. The summed E-state index contributed by atoms with van der Waals surface area (Å²) >= 11 is 0. The van der Waals surface area contributed by atoms with Crippen molar-refractivity contribution in [2.75, 3.05) is 41.6 Å². The minimum absolute atomic E-state index is 0.0465. The zero-order chi connectivity index (χ0) is 55.3. The van der Waals surface area contributed by atoms with E-state index >= 15 is 0 Å². The maximum atomic E-state index is 13.7. The number of aliphatic hydroxyl groups excluding tert-OH is 3. The lowest BCUT2D eigenvalue weighted by atomic mass is 9.75. The van der Waals surface area contributed by atoms with Crippen LogP contribution in [-0.4, -0.2) is 161 Å². The number of aryl methyl sites for hydroxylation is 1. The molecular weight excluding hydrogens is 956 g/mol. The Bertz CT molecular complexity index is 2060. The van der Waals surface area contributed by atoms with Gasteiger partial charge < -0.3 is 63.9 Å². The van der Waals surface area contributed by atoms with Gasteiger partial charge in [0.15, 0.2) is 12.6 Å². The quantitative estimate of drug-likeness (QED) is 0.0878. The maximum Gasteiger partial charge on any atom is 0.311 e. The summed E-state index contributed by atoms with van der Waals surface area (Å²) in [7, 11) is 6.73. The number of amides is 1. The topological polar surface area (TPSA) is 220 Å². The number of rotatable bonds is 15. The van der Waals surface area contributed by atoms with Gasteiger partial charge in [-0.05, 0) is 104 Å². The van der Waals surface area contributed by atoms with Crippen LogP contribution in [0.25, 0.3) is 11.1 Å². The average Bonchev–Trinajstić information content (AvgIpc) is 3.35. The van der Waals surface area contributed by atoms with Crippen molar-refractivity contribution in [3.05, 3.63) is 53.9 Å². The first kappa shape index (κ1) is 62.8. The summed E-state index contributed by atoms with van der Waals surface area (Å²) in [5, 5.41) is 50.3. The molecule has 420 valence electrons. The molecule has 1 aromatic carbocycles. The number of hydrogen-bond donors (Lipinski definition) is 5. The molecule has 1 amide bonds. The number of halogens is 1. The van der Waals surface area contributed by atoms with Gasteiger partial charge in [-0.2, -0.15) is 0 Å². The predicted octanol–water partition coefficient (Wildman–Crippen LogP) is 7.23. The number of cyclic esters (lactones) is 1. The van der Waals surface area contributed by atoms with E-state index < -0.39 is 84.3 Å². The first-order chi connectivity index (χ1) is 34.7. The lowest BCUT2D eigenvalue weighted by Gasteiger charge is -2.44. The summed E-state index contributed by atoms with van der Waals surface area (Å²) < 4.78 is 49.6. The molecule has 0 spiro atoms. The molecule has 0 aliphatic carbocycles. The standard InChI is InChI=1S/C31H57NO9.C25H34FN3O4/c1-13-23-31(9,35)27(33)21(5)25(32-38-12)18(2)14-29(7,36-10)15-19(3)26(22(6)28(34)40-23)41-24-17-30(8,37-11)16-20(4)39-24;1-16-4-5-20(15-27-16)18-6-8-19(9-7-18)25(32)22(14-26)28-23(30)10-11-29(3)21-12-17(2)33-24(31)13-21/h18-24,26-27,33,35H,13-17H2,1-12H3;4-9,15,17,21-22,24-25,31-32H,10-14H2,1-3H3,(H,28,30)/b32-25-;/t18-,19-,20+,21+,22-,23-,24+,26+,27-,29-,30+,31-;17-,21+,22-,24-,25-/m11/s1. The fourth-order valence-corrected chi connectivity index (χ4v) is 11.1. The molecule has 0 unspecified atom stereocenters. The highest BCUT2D eigenvalue weighted by Gasteiger charge is 2.48. The van der Waals surface area contributed by atoms with Gasteiger partial charge in [0.1, 0.15) is 31.6 Å². The third-order valence-corrected chi connectivity index (χ3v) is 15.6. The van der Waals surface area contributed by atoms with Gasteiger partial charge >= 0.3 is 5.97 Å². The number of benzene rings is 1. The summed E-state index contributed by atoms with van der Waals surface area (Å²) in [6.45, 7) is 20.4. The second kappa shape index (κ2) is 28.1. The maximum absolute atomic E-state index is 13.7. The van der Waals surface area contributed by atoms with Crippen LogP contribution in [0, 0.1) is 30.6 Å². The van der Waals surface area contributed by atoms with Crippen LogP contribution in [0.1, 0.15) is 138 Å². The lowest BCUT2D eigenvalue weighted by molar-refractivity contribution is -0.266. The van der Waals surface area contributed by atoms with Gasteiger partial charge in [0.05, 0.1) is 53.3 Å². The van der Waals surface area contributed by atoms with E-state index in [4.69, 9.17) is 33.3 Å². The molecule has 17 nitrogen and oxygen atoms in total. The SMILES string of the molecule is CC[C@H]1OC(=O)[C@H](C)[C@@H](O[C@H]2C[C@@](C)(OC)C[C@H](C)O2)[C@H](C)C[C@](C)(OC)C[C@@H](C)/C(=N/OC)[C@H](C)[C@@H](O)[C@]1(C)O.Cc1ccc(-c2ccc([C@@H](O)[C@@H](CF)NC(=O)CCN(C)[C@H]3C[C@@H](C)O[C@@H](O)C3)cc2)cn1. The molecule has 17 atom stereocenters. The average molecular weight is 1050 g/mol. The van der Waals surface area contributed by atoms with Gasteiger partial charge in [-0.1, -0.05) is 63.2 Å². The Balaban J connectivity index is 0.000000327. The summed E-state index contributed by atoms with van der Waals surface area (Å²) in [4.78, 5) is 37.6. The molecule has 3 saturated heterocycles. The number of ether oxygens (including phenoxy) is 6. The summed E-state index contributed by atoms with van der Waals surface area (Å²) in [6, 6.07) is 10.1. The zero-order valence-corrected chi connectivity index (χ0v) is 46.9. The highest BCUT2D eigenvalue weighted by Crippen LogP contribution is 2.39. The van der Waals surface area contributed by atoms with E-state index in [1.54, 1.807) is 46.4 Å². The van der Waals surface area contributed by atoms with Gasteiger partial charge in [-0.25, -0.2) is 4.39 Å². The van der Waals surface area contributed by atoms with Crippen molar-refractivity contribution in [1.82, 2.24) is 15.2 Å². The number of carbonyl (C=O) groups is 2. The molecule has 0 radical (unpaired) electrons. The van der Waals surface area contributed by atoms with E-state index in [1.807, 2.05) is 91.6 Å². The Hall–Kier alpha value is -3.69. The number of methoxy groups -OCH3 is 2. The Morgan fingerprint density at radius 3 is 2.11 bits per heavy atom. The van der Waals surface area contributed by atoms with E-state index in [0.717, 1.165) is 29.7 Å². The van der Waals surface area contributed by atoms with Gasteiger partial charge in [0, 0.05) is 81.8 Å². The third kappa shape index (κ3) is 17.2. The van der Waals surface area contributed by atoms with Crippen molar-refractivity contribution < 1.29 is 67.7 Å². The third-order valence-electron chi connectivity index (χ3n) is 15.6. The Labute approximate surface area is 440 Å². The molecule has 0 bridgehead atoms. The van der Waals surface area contributed by atoms with Crippen LogP contribution in [-0.2, 0) is 42.8 Å². The Kier molecular flexibility index (Phi) is 23.9. The molecule has 4 heterocycles. The molecule has 3 aliphatic rings. The number of alkyl halides is 1. The molecular formula is C56H91FN4O13. The number of pyridine rings is 1. The van der Waals surface area contributed by atoms with Gasteiger partial charge in [-0.15, -0.1) is 0 Å². The van der Waals surface area contributed by atoms with Crippen LogP contribution in [0.15, 0.2) is 47.8 Å². The van der Waals surface area contributed by atoms with Gasteiger partial charge in [0.25, 0.3) is 0 Å². The monoisotopic (exact) mass is 1050 g/mol. The molecule has 3 aliphatic heterocycles. The van der Waals surface area contributed by atoms with E-state index in [-0.39, 0.29) is 42.4 Å². The number of carbonyl (C=O) groups excluding carboxylic acids is 2. The van der Waals surface area contributed by atoms with Crippen molar-refractivity contribution in [3.8, 4) is 11.1 Å². The Morgan fingerprint density at radius 2 is 1.54 bits per heavy atom. The molecule has 18 heteroatoms. The van der Waals surface area contributed by atoms with Crippen LogP contribution in [0.2, 0.25) is 0 Å². The normalized spacial score (nSPS) is 35.9. The van der Waals surface area contributed by atoms with Crippen molar-refractivity contribution in [3.63, 3.8) is 0 Å². The van der Waals surface area contributed by atoms with Crippen molar-refractivity contribution in [1.29, 1.82) is 0 Å². The predicted molar refractivity (Wildman–Crippen MR) is 281 cm³/mol. The second-order valence-electron chi connectivity index (χ2n) is 22.1. The summed E-state index contributed by atoms with van der Waals surface area (Å²) in [5.41, 5.74) is 1.16. The molecule has 5 N–H and O–H groups in total. The number of aromatic nitrogens is 1. The fraction of sp³-hybridized carbons (Fsp3) is 0.750. The highest BCUT2D eigenvalue weighted by atomic mass is 19.1. The summed E-state index contributed by atoms with van der Waals surface area (Å²) in [5.74, 6) is -2.40. The summed E-state index contributed by atoms with van der Waals surface area (Å²) in [6.07, 6.45) is 0.436. The lowest BCUT2D eigenvalue weighted by Crippen LogP contribution is -2.56. The van der Waals surface area contributed by atoms with Crippen LogP contribution in [0.4, 0.5) is 4.39 Å². The number of nitrogens with zero attached hydrogens (tertiary/aromatic N) is 3. The number of esters is 1. The van der Waals surface area contributed by atoms with Crippen LogP contribution < -0.4 is 5.32 Å². The van der Waals surface area contributed by atoms with Crippen molar-refractivity contribution >= 4 is 17.6 Å². The number of aliphatic hydroxyl groups is 4. The first-order valence-corrected chi connectivity index (χ1v) is 26.5. The molecule has 1 aromatic heterocycles. The molecule has 5 rings (SSSR count). The van der Waals surface area contributed by atoms with E-state index in [1.165, 1.54) is 14.0 Å². The molecule has 3 fully saturated rings.